The summed E-state index contributed by atoms with van der Waals surface area (Å²) in [4.78, 5) is 23.6. The molecule has 0 radical (unpaired) electrons. The van der Waals surface area contributed by atoms with E-state index in [1.54, 1.807) is 0 Å². The molecule has 0 aliphatic rings. The van der Waals surface area contributed by atoms with Gasteiger partial charge in [0.1, 0.15) is 5.78 Å². The molecule has 0 saturated carbocycles. The summed E-state index contributed by atoms with van der Waals surface area (Å²) in [5.74, 6) is 0.139. The highest BCUT2D eigenvalue weighted by Crippen LogP contribution is 2.16. The summed E-state index contributed by atoms with van der Waals surface area (Å²) < 4.78 is 0. The van der Waals surface area contributed by atoms with E-state index in [9.17, 15) is 9.59 Å². The zero-order valence-electron chi connectivity index (χ0n) is 10.8. The first-order chi connectivity index (χ1) is 8.08. The number of carbonyl (C=O) groups is 2. The zero-order chi connectivity index (χ0) is 12.8. The van der Waals surface area contributed by atoms with Gasteiger partial charge in [-0.3, -0.25) is 9.59 Å². The van der Waals surface area contributed by atoms with E-state index in [2.05, 4.69) is 0 Å². The number of carbonyl (C=O) groups excluding carboxylic acids is 2. The van der Waals surface area contributed by atoms with Crippen molar-refractivity contribution in [2.75, 3.05) is 0 Å². The molecule has 1 atom stereocenters. The number of rotatable bonds is 6. The van der Waals surface area contributed by atoms with Crippen molar-refractivity contribution in [3.05, 3.63) is 35.4 Å². The Morgan fingerprint density at radius 2 is 1.71 bits per heavy atom. The van der Waals surface area contributed by atoms with E-state index in [0.717, 1.165) is 12.0 Å². The van der Waals surface area contributed by atoms with Crippen molar-refractivity contribution in [3.8, 4) is 0 Å². The first kappa shape index (κ1) is 13.6. The van der Waals surface area contributed by atoms with Gasteiger partial charge in [0.15, 0.2) is 5.78 Å². The Labute approximate surface area is 103 Å². The SMILES string of the molecule is CCC(=O)C(CC)CC(=O)c1ccc(C)cc1. The molecule has 17 heavy (non-hydrogen) atoms. The molecule has 0 aliphatic carbocycles. The first-order valence-corrected chi connectivity index (χ1v) is 6.21. The van der Waals surface area contributed by atoms with E-state index < -0.39 is 0 Å². The van der Waals surface area contributed by atoms with Gasteiger partial charge in [-0.2, -0.15) is 0 Å². The zero-order valence-corrected chi connectivity index (χ0v) is 10.8. The molecule has 0 heterocycles. The van der Waals surface area contributed by atoms with E-state index in [1.807, 2.05) is 45.0 Å². The lowest BCUT2D eigenvalue weighted by Gasteiger charge is -2.11. The highest BCUT2D eigenvalue weighted by molar-refractivity contribution is 5.98. The molecule has 1 aromatic carbocycles. The van der Waals surface area contributed by atoms with Crippen LogP contribution in [0.15, 0.2) is 24.3 Å². The Morgan fingerprint density at radius 1 is 1.12 bits per heavy atom. The molecule has 0 fully saturated rings. The van der Waals surface area contributed by atoms with Gasteiger partial charge in [-0.25, -0.2) is 0 Å². The van der Waals surface area contributed by atoms with Crippen LogP contribution >= 0.6 is 0 Å². The van der Waals surface area contributed by atoms with Crippen LogP contribution in [0.2, 0.25) is 0 Å². The Kier molecular flexibility index (Phi) is 5.08. The van der Waals surface area contributed by atoms with Crippen LogP contribution in [0.3, 0.4) is 0 Å². The molecule has 2 heteroatoms. The lowest BCUT2D eigenvalue weighted by atomic mass is 9.91. The highest BCUT2D eigenvalue weighted by atomic mass is 16.1. The smallest absolute Gasteiger partial charge is 0.163 e. The number of Topliss-reactive ketones (excluding diaryl/α,β-unsaturated/α-hetero) is 2. The molecule has 1 unspecified atom stereocenters. The Bertz CT molecular complexity index is 390. The first-order valence-electron chi connectivity index (χ1n) is 6.21. The minimum atomic E-state index is -0.117. The molecule has 0 aromatic heterocycles. The molecule has 0 bridgehead atoms. The minimum absolute atomic E-state index is 0.0682. The number of hydrogen-bond acceptors (Lipinski definition) is 2. The average molecular weight is 232 g/mol. The Morgan fingerprint density at radius 3 is 2.18 bits per heavy atom. The van der Waals surface area contributed by atoms with E-state index in [4.69, 9.17) is 0 Å². The van der Waals surface area contributed by atoms with Gasteiger partial charge >= 0.3 is 0 Å². The third-order valence-electron chi connectivity index (χ3n) is 3.10. The molecule has 0 amide bonds. The Hall–Kier alpha value is -1.44. The summed E-state index contributed by atoms with van der Waals surface area (Å²) >= 11 is 0. The summed E-state index contributed by atoms with van der Waals surface area (Å²) in [6.45, 7) is 5.80. The molecular formula is C15H20O2. The van der Waals surface area contributed by atoms with Crippen molar-refractivity contribution in [1.29, 1.82) is 0 Å². The van der Waals surface area contributed by atoms with Gasteiger partial charge in [0.25, 0.3) is 0 Å². The van der Waals surface area contributed by atoms with Crippen LogP contribution < -0.4 is 0 Å². The van der Waals surface area contributed by atoms with E-state index in [-0.39, 0.29) is 17.5 Å². The summed E-state index contributed by atoms with van der Waals surface area (Å²) in [6, 6.07) is 7.52. The van der Waals surface area contributed by atoms with Crippen LogP contribution in [0.25, 0.3) is 0 Å². The molecule has 1 aromatic rings. The maximum atomic E-state index is 12.0. The predicted molar refractivity (Wildman–Crippen MR) is 69.2 cm³/mol. The highest BCUT2D eigenvalue weighted by Gasteiger charge is 2.19. The van der Waals surface area contributed by atoms with Crippen LogP contribution in [-0.4, -0.2) is 11.6 Å². The van der Waals surface area contributed by atoms with Crippen LogP contribution in [0.4, 0.5) is 0 Å². The summed E-state index contributed by atoms with van der Waals surface area (Å²) in [5, 5.41) is 0. The average Bonchev–Trinajstić information content (AvgIpc) is 2.35. The van der Waals surface area contributed by atoms with Gasteiger partial charge in [0.05, 0.1) is 0 Å². The summed E-state index contributed by atoms with van der Waals surface area (Å²) in [5.41, 5.74) is 1.84. The maximum absolute atomic E-state index is 12.0. The van der Waals surface area contributed by atoms with Gasteiger partial charge < -0.3 is 0 Å². The maximum Gasteiger partial charge on any atom is 0.163 e. The molecular weight excluding hydrogens is 212 g/mol. The van der Waals surface area contributed by atoms with Crippen LogP contribution in [0.5, 0.6) is 0 Å². The normalized spacial score (nSPS) is 12.2. The quantitative estimate of drug-likeness (QED) is 0.703. The van der Waals surface area contributed by atoms with Gasteiger partial charge in [-0.05, 0) is 13.3 Å². The number of ketones is 2. The fourth-order valence-corrected chi connectivity index (χ4v) is 1.86. The molecule has 0 saturated heterocycles. The topological polar surface area (TPSA) is 34.1 Å². The molecule has 0 aliphatic heterocycles. The van der Waals surface area contributed by atoms with Crippen molar-refractivity contribution >= 4 is 11.6 Å². The second-order valence-electron chi connectivity index (χ2n) is 4.42. The number of aryl methyl sites for hydroxylation is 1. The summed E-state index contributed by atoms with van der Waals surface area (Å²) in [6.07, 6.45) is 1.59. The van der Waals surface area contributed by atoms with E-state index in [0.29, 0.717) is 18.4 Å². The van der Waals surface area contributed by atoms with Gasteiger partial charge in [-0.15, -0.1) is 0 Å². The van der Waals surface area contributed by atoms with E-state index >= 15 is 0 Å². The molecule has 2 nitrogen and oxygen atoms in total. The van der Waals surface area contributed by atoms with Crippen molar-refractivity contribution in [1.82, 2.24) is 0 Å². The second-order valence-corrected chi connectivity index (χ2v) is 4.42. The van der Waals surface area contributed by atoms with Gasteiger partial charge in [-0.1, -0.05) is 43.7 Å². The summed E-state index contributed by atoms with van der Waals surface area (Å²) in [7, 11) is 0. The molecule has 1 rings (SSSR count). The van der Waals surface area contributed by atoms with E-state index in [1.165, 1.54) is 0 Å². The molecule has 0 spiro atoms. The van der Waals surface area contributed by atoms with Crippen LogP contribution in [0.1, 0.15) is 49.0 Å². The Balaban J connectivity index is 2.71. The third-order valence-corrected chi connectivity index (χ3v) is 3.10. The predicted octanol–water partition coefficient (Wildman–Crippen LogP) is 3.57. The van der Waals surface area contributed by atoms with Gasteiger partial charge in [0, 0.05) is 24.3 Å². The van der Waals surface area contributed by atoms with Crippen molar-refractivity contribution in [2.45, 2.75) is 40.0 Å². The lowest BCUT2D eigenvalue weighted by molar-refractivity contribution is -0.122. The minimum Gasteiger partial charge on any atom is -0.299 e. The van der Waals surface area contributed by atoms with Crippen molar-refractivity contribution < 1.29 is 9.59 Å². The van der Waals surface area contributed by atoms with Crippen LogP contribution in [-0.2, 0) is 4.79 Å². The van der Waals surface area contributed by atoms with Gasteiger partial charge in [0.2, 0.25) is 0 Å². The second kappa shape index (κ2) is 6.33. The third kappa shape index (κ3) is 3.81. The van der Waals surface area contributed by atoms with Crippen molar-refractivity contribution in [2.24, 2.45) is 5.92 Å². The number of hydrogen-bond donors (Lipinski definition) is 0. The largest absolute Gasteiger partial charge is 0.299 e. The van der Waals surface area contributed by atoms with Crippen LogP contribution in [0, 0.1) is 12.8 Å². The monoisotopic (exact) mass is 232 g/mol. The standard InChI is InChI=1S/C15H20O2/c1-4-12(14(16)5-2)10-15(17)13-8-6-11(3)7-9-13/h6-9,12H,4-5,10H2,1-3H3. The fourth-order valence-electron chi connectivity index (χ4n) is 1.86. The molecule has 92 valence electrons. The lowest BCUT2D eigenvalue weighted by Crippen LogP contribution is -2.17. The van der Waals surface area contributed by atoms with Crippen molar-refractivity contribution in [3.63, 3.8) is 0 Å². The molecule has 0 N–H and O–H groups in total. The fraction of sp³-hybridized carbons (Fsp3) is 0.467. The number of benzene rings is 1.